The zero-order valence-corrected chi connectivity index (χ0v) is 10.6. The molecular weight excluding hydrogens is 240 g/mol. The zero-order chi connectivity index (χ0) is 13.2. The van der Waals surface area contributed by atoms with Gasteiger partial charge < -0.3 is 10.4 Å². The van der Waals surface area contributed by atoms with Crippen LogP contribution in [0, 0.1) is 5.92 Å². The van der Waals surface area contributed by atoms with Gasteiger partial charge in [0.05, 0.1) is 5.52 Å². The highest BCUT2D eigenvalue weighted by Gasteiger charge is 2.20. The van der Waals surface area contributed by atoms with Gasteiger partial charge in [-0.3, -0.25) is 0 Å². The lowest BCUT2D eigenvalue weighted by Gasteiger charge is -2.10. The minimum atomic E-state index is -0.990. The Labute approximate surface area is 111 Å². The number of carboxylic acids is 1. The number of hydrogen-bond acceptors (Lipinski definition) is 3. The van der Waals surface area contributed by atoms with Gasteiger partial charge in [0.2, 0.25) is 0 Å². The van der Waals surface area contributed by atoms with Crippen LogP contribution in [0.3, 0.4) is 0 Å². The Morgan fingerprint density at radius 3 is 2.89 bits per heavy atom. The Morgan fingerprint density at radius 1 is 1.37 bits per heavy atom. The first-order chi connectivity index (χ1) is 9.24. The molecule has 4 nitrogen and oxygen atoms in total. The Hall–Kier alpha value is -2.10. The van der Waals surface area contributed by atoms with Crippen molar-refractivity contribution in [3.05, 3.63) is 36.0 Å². The summed E-state index contributed by atoms with van der Waals surface area (Å²) in [6.45, 7) is 0.887. The number of nitrogens with zero attached hydrogens (tertiary/aromatic N) is 1. The monoisotopic (exact) mass is 256 g/mol. The maximum absolute atomic E-state index is 11.1. The number of rotatable bonds is 5. The second-order valence-corrected chi connectivity index (χ2v) is 5.04. The van der Waals surface area contributed by atoms with Crippen LogP contribution >= 0.6 is 0 Å². The summed E-state index contributed by atoms with van der Waals surface area (Å²) in [6, 6.07) is 9.24. The molecule has 0 radical (unpaired) electrons. The molecule has 1 aromatic carbocycles. The second kappa shape index (κ2) is 4.88. The Bertz CT molecular complexity index is 621. The maximum atomic E-state index is 11.1. The predicted octanol–water partition coefficient (Wildman–Crippen LogP) is 3.15. The fraction of sp³-hybridized carbons (Fsp3) is 0.333. The summed E-state index contributed by atoms with van der Waals surface area (Å²) in [5.41, 5.74) is 1.67. The van der Waals surface area contributed by atoms with Gasteiger partial charge in [0.15, 0.2) is 5.69 Å². The van der Waals surface area contributed by atoms with Gasteiger partial charge in [-0.25, -0.2) is 9.78 Å². The average Bonchev–Trinajstić information content (AvgIpc) is 3.22. The fourth-order valence-corrected chi connectivity index (χ4v) is 2.25. The predicted molar refractivity (Wildman–Crippen MR) is 74.5 cm³/mol. The molecule has 1 heterocycles. The van der Waals surface area contributed by atoms with Crippen LogP contribution in [-0.4, -0.2) is 22.6 Å². The third-order valence-electron chi connectivity index (χ3n) is 3.50. The van der Waals surface area contributed by atoms with Gasteiger partial charge in [0.1, 0.15) is 0 Å². The molecule has 19 heavy (non-hydrogen) atoms. The van der Waals surface area contributed by atoms with E-state index in [1.165, 1.54) is 12.8 Å². The van der Waals surface area contributed by atoms with Crippen LogP contribution in [0.15, 0.2) is 30.3 Å². The SMILES string of the molecule is O=C(O)c1cc(NCCC2CC2)c2ccccc2n1. The zero-order valence-electron chi connectivity index (χ0n) is 10.6. The van der Waals surface area contributed by atoms with Crippen molar-refractivity contribution in [3.8, 4) is 0 Å². The van der Waals surface area contributed by atoms with Crippen molar-refractivity contribution in [1.82, 2.24) is 4.98 Å². The average molecular weight is 256 g/mol. The highest BCUT2D eigenvalue weighted by molar-refractivity contribution is 5.97. The van der Waals surface area contributed by atoms with Gasteiger partial charge in [0, 0.05) is 17.6 Å². The first-order valence-corrected chi connectivity index (χ1v) is 6.61. The minimum Gasteiger partial charge on any atom is -0.477 e. The molecule has 0 bridgehead atoms. The number of benzene rings is 1. The molecule has 3 rings (SSSR count). The first kappa shape index (κ1) is 12.0. The Morgan fingerprint density at radius 2 is 2.16 bits per heavy atom. The lowest BCUT2D eigenvalue weighted by Crippen LogP contribution is -2.06. The molecule has 1 aromatic heterocycles. The number of anilines is 1. The molecule has 98 valence electrons. The summed E-state index contributed by atoms with van der Waals surface area (Å²) >= 11 is 0. The van der Waals surface area contributed by atoms with Gasteiger partial charge in [0.25, 0.3) is 0 Å². The lowest BCUT2D eigenvalue weighted by atomic mass is 10.1. The van der Waals surface area contributed by atoms with E-state index >= 15 is 0 Å². The van der Waals surface area contributed by atoms with Gasteiger partial charge in [-0.1, -0.05) is 31.0 Å². The topological polar surface area (TPSA) is 62.2 Å². The molecule has 1 aliphatic carbocycles. The number of carbonyl (C=O) groups is 1. The van der Waals surface area contributed by atoms with Crippen LogP contribution in [0.2, 0.25) is 0 Å². The summed E-state index contributed by atoms with van der Waals surface area (Å²) in [5, 5.41) is 13.4. The van der Waals surface area contributed by atoms with Gasteiger partial charge in [-0.05, 0) is 24.5 Å². The van der Waals surface area contributed by atoms with Crippen LogP contribution in [0.4, 0.5) is 5.69 Å². The number of nitrogens with one attached hydrogen (secondary N) is 1. The van der Waals surface area contributed by atoms with E-state index in [-0.39, 0.29) is 5.69 Å². The van der Waals surface area contributed by atoms with E-state index < -0.39 is 5.97 Å². The largest absolute Gasteiger partial charge is 0.477 e. The van der Waals surface area contributed by atoms with Gasteiger partial charge in [-0.15, -0.1) is 0 Å². The van der Waals surface area contributed by atoms with E-state index in [0.29, 0.717) is 0 Å². The molecule has 0 atom stereocenters. The molecule has 0 unspecified atom stereocenters. The molecule has 0 aliphatic heterocycles. The van der Waals surface area contributed by atoms with E-state index in [1.807, 2.05) is 24.3 Å². The maximum Gasteiger partial charge on any atom is 0.354 e. The smallest absolute Gasteiger partial charge is 0.354 e. The second-order valence-electron chi connectivity index (χ2n) is 5.04. The molecule has 2 N–H and O–H groups in total. The van der Waals surface area contributed by atoms with Crippen LogP contribution in [0.25, 0.3) is 10.9 Å². The number of aromatic carboxylic acids is 1. The summed E-state index contributed by atoms with van der Waals surface area (Å²) in [5.74, 6) is -0.129. The molecule has 1 aliphatic rings. The van der Waals surface area contributed by atoms with Crippen molar-refractivity contribution < 1.29 is 9.90 Å². The number of fused-ring (bicyclic) bond motifs is 1. The van der Waals surface area contributed by atoms with Crippen LogP contribution < -0.4 is 5.32 Å². The molecule has 4 heteroatoms. The number of pyridine rings is 1. The number of para-hydroxylation sites is 1. The first-order valence-electron chi connectivity index (χ1n) is 6.61. The summed E-state index contributed by atoms with van der Waals surface area (Å²) in [6.07, 6.45) is 3.82. The highest BCUT2D eigenvalue weighted by Crippen LogP contribution is 2.32. The third kappa shape index (κ3) is 2.67. The number of carboxylic acid groups (broad SMARTS) is 1. The summed E-state index contributed by atoms with van der Waals surface area (Å²) < 4.78 is 0. The van der Waals surface area contributed by atoms with E-state index in [4.69, 9.17) is 5.11 Å². The van der Waals surface area contributed by atoms with Crippen molar-refractivity contribution in [2.45, 2.75) is 19.3 Å². The normalized spacial score (nSPS) is 14.5. The molecule has 2 aromatic rings. The van der Waals surface area contributed by atoms with Crippen molar-refractivity contribution in [1.29, 1.82) is 0 Å². The van der Waals surface area contributed by atoms with Crippen molar-refractivity contribution in [2.24, 2.45) is 5.92 Å². The van der Waals surface area contributed by atoms with Crippen LogP contribution in [-0.2, 0) is 0 Å². The quantitative estimate of drug-likeness (QED) is 0.862. The summed E-state index contributed by atoms with van der Waals surface area (Å²) in [7, 11) is 0. The lowest BCUT2D eigenvalue weighted by molar-refractivity contribution is 0.0691. The van der Waals surface area contributed by atoms with Crippen molar-refractivity contribution in [3.63, 3.8) is 0 Å². The fourth-order valence-electron chi connectivity index (χ4n) is 2.25. The van der Waals surface area contributed by atoms with Crippen molar-refractivity contribution in [2.75, 3.05) is 11.9 Å². The molecule has 1 saturated carbocycles. The molecule has 0 amide bonds. The van der Waals surface area contributed by atoms with E-state index in [9.17, 15) is 4.79 Å². The third-order valence-corrected chi connectivity index (χ3v) is 3.50. The number of aromatic nitrogens is 1. The molecular formula is C15H16N2O2. The van der Waals surface area contributed by atoms with Crippen LogP contribution in [0.1, 0.15) is 29.8 Å². The highest BCUT2D eigenvalue weighted by atomic mass is 16.4. The standard InChI is InChI=1S/C15H16N2O2/c18-15(19)14-9-13(16-8-7-10-5-6-10)11-3-1-2-4-12(11)17-14/h1-4,9-10H,5-8H2,(H,16,17)(H,18,19). The van der Waals surface area contributed by atoms with E-state index in [2.05, 4.69) is 10.3 Å². The summed E-state index contributed by atoms with van der Waals surface area (Å²) in [4.78, 5) is 15.2. The Balaban J connectivity index is 1.91. The van der Waals surface area contributed by atoms with E-state index in [0.717, 1.165) is 35.5 Å². The molecule has 0 spiro atoms. The molecule has 1 fully saturated rings. The van der Waals surface area contributed by atoms with Gasteiger partial charge in [-0.2, -0.15) is 0 Å². The number of hydrogen-bond donors (Lipinski definition) is 2. The Kier molecular flexibility index (Phi) is 3.07. The van der Waals surface area contributed by atoms with Crippen LogP contribution in [0.5, 0.6) is 0 Å². The van der Waals surface area contributed by atoms with Crippen molar-refractivity contribution >= 4 is 22.6 Å². The van der Waals surface area contributed by atoms with Gasteiger partial charge >= 0.3 is 5.97 Å². The van der Waals surface area contributed by atoms with E-state index in [1.54, 1.807) is 6.07 Å². The minimum absolute atomic E-state index is 0.0904. The molecule has 0 saturated heterocycles.